The Labute approximate surface area is 241 Å². The van der Waals surface area contributed by atoms with Crippen molar-refractivity contribution >= 4 is 34.4 Å². The maximum atomic E-state index is 14.0. The zero-order valence-corrected chi connectivity index (χ0v) is 24.1. The van der Waals surface area contributed by atoms with Gasteiger partial charge in [-0.25, -0.2) is 4.79 Å². The SMILES string of the molecule is C#Cc1ccc(C(C(=O)Nc2ccc3ccccc3c2)N(CC#N)C(=O)C(CC(C)C)NC(=O)OC(C)(C)C)cc1. The van der Waals surface area contributed by atoms with Crippen molar-refractivity contribution < 1.29 is 19.1 Å². The van der Waals surface area contributed by atoms with Crippen molar-refractivity contribution in [1.82, 2.24) is 10.2 Å². The van der Waals surface area contributed by atoms with Crippen LogP contribution in [0, 0.1) is 29.6 Å². The average Bonchev–Trinajstić information content (AvgIpc) is 2.91. The largest absolute Gasteiger partial charge is 0.444 e. The number of amides is 3. The first-order valence-electron chi connectivity index (χ1n) is 13.4. The van der Waals surface area contributed by atoms with E-state index in [4.69, 9.17) is 11.2 Å². The molecule has 0 bridgehead atoms. The average molecular weight is 553 g/mol. The van der Waals surface area contributed by atoms with E-state index in [-0.39, 0.29) is 12.3 Å². The monoisotopic (exact) mass is 552 g/mol. The summed E-state index contributed by atoms with van der Waals surface area (Å²) < 4.78 is 5.39. The van der Waals surface area contributed by atoms with Crippen molar-refractivity contribution in [1.29, 1.82) is 5.26 Å². The molecule has 0 aromatic heterocycles. The van der Waals surface area contributed by atoms with Gasteiger partial charge in [0.2, 0.25) is 5.91 Å². The van der Waals surface area contributed by atoms with Gasteiger partial charge in [0.25, 0.3) is 5.91 Å². The lowest BCUT2D eigenvalue weighted by Crippen LogP contribution is -2.53. The van der Waals surface area contributed by atoms with Crippen molar-refractivity contribution in [2.45, 2.75) is 58.7 Å². The highest BCUT2D eigenvalue weighted by molar-refractivity contribution is 6.00. The van der Waals surface area contributed by atoms with Crippen LogP contribution < -0.4 is 10.6 Å². The molecule has 8 nitrogen and oxygen atoms in total. The van der Waals surface area contributed by atoms with Crippen molar-refractivity contribution in [3.8, 4) is 18.4 Å². The lowest BCUT2D eigenvalue weighted by Gasteiger charge is -2.33. The second kappa shape index (κ2) is 13.5. The van der Waals surface area contributed by atoms with Crippen molar-refractivity contribution in [3.63, 3.8) is 0 Å². The molecular weight excluding hydrogens is 516 g/mol. The fourth-order valence-corrected chi connectivity index (χ4v) is 4.43. The minimum Gasteiger partial charge on any atom is -0.444 e. The first-order chi connectivity index (χ1) is 19.4. The Morgan fingerprint density at radius 2 is 1.66 bits per heavy atom. The molecule has 0 fully saturated rings. The Hall–Kier alpha value is -4.82. The Balaban J connectivity index is 2.02. The molecular formula is C33H36N4O4. The number of alkyl carbamates (subject to hydrolysis) is 1. The number of hydrogen-bond donors (Lipinski definition) is 2. The third-order valence-corrected chi connectivity index (χ3v) is 6.19. The Morgan fingerprint density at radius 1 is 1.00 bits per heavy atom. The molecule has 0 aliphatic rings. The number of terminal acetylenes is 1. The third-order valence-electron chi connectivity index (χ3n) is 6.19. The lowest BCUT2D eigenvalue weighted by atomic mass is 9.98. The highest BCUT2D eigenvalue weighted by Gasteiger charge is 2.36. The van der Waals surface area contributed by atoms with Gasteiger partial charge >= 0.3 is 6.09 Å². The summed E-state index contributed by atoms with van der Waals surface area (Å²) in [5.74, 6) is 1.46. The normalized spacial score (nSPS) is 12.5. The molecule has 0 spiro atoms. The second-order valence-corrected chi connectivity index (χ2v) is 11.2. The number of ether oxygens (including phenoxy) is 1. The molecule has 3 aromatic rings. The number of nitrogens with zero attached hydrogens (tertiary/aromatic N) is 2. The van der Waals surface area contributed by atoms with Crippen LogP contribution in [0.25, 0.3) is 10.8 Å². The number of nitriles is 1. The number of rotatable bonds is 9. The molecule has 3 rings (SSSR count). The minimum absolute atomic E-state index is 0.0163. The second-order valence-electron chi connectivity index (χ2n) is 11.2. The molecule has 0 saturated heterocycles. The maximum Gasteiger partial charge on any atom is 0.408 e. The number of carbonyl (C=O) groups is 3. The van der Waals surface area contributed by atoms with Gasteiger partial charge in [-0.1, -0.05) is 62.2 Å². The van der Waals surface area contributed by atoms with E-state index in [2.05, 4.69) is 16.6 Å². The molecule has 3 aromatic carbocycles. The number of carbonyl (C=O) groups excluding carboxylic acids is 3. The molecule has 0 heterocycles. The summed E-state index contributed by atoms with van der Waals surface area (Å²) in [5.41, 5.74) is 0.827. The molecule has 41 heavy (non-hydrogen) atoms. The Morgan fingerprint density at radius 3 is 2.24 bits per heavy atom. The van der Waals surface area contributed by atoms with E-state index in [1.165, 1.54) is 4.90 Å². The van der Waals surface area contributed by atoms with E-state index in [1.54, 1.807) is 51.1 Å². The molecule has 2 N–H and O–H groups in total. The fourth-order valence-electron chi connectivity index (χ4n) is 4.43. The molecule has 212 valence electrons. The van der Waals surface area contributed by atoms with Crippen LogP contribution in [-0.2, 0) is 14.3 Å². The predicted octanol–water partition coefficient (Wildman–Crippen LogP) is 5.79. The summed E-state index contributed by atoms with van der Waals surface area (Å²) in [6.45, 7) is 8.60. The van der Waals surface area contributed by atoms with Gasteiger partial charge in [0.15, 0.2) is 0 Å². The molecule has 0 aliphatic carbocycles. The standard InChI is InChI=1S/C33H36N4O4/c1-7-23-12-14-25(15-13-23)29(30(38)35-27-17-16-24-10-8-9-11-26(24)21-27)37(19-18-34)31(39)28(20-22(2)3)36-32(40)41-33(4,5)6/h1,8-17,21-22,28-29H,19-20H2,2-6H3,(H,35,38)(H,36,40). The zero-order valence-electron chi connectivity index (χ0n) is 24.1. The van der Waals surface area contributed by atoms with Crippen LogP contribution >= 0.6 is 0 Å². The van der Waals surface area contributed by atoms with Gasteiger partial charge in [-0.05, 0) is 73.7 Å². The first-order valence-corrected chi connectivity index (χ1v) is 13.4. The number of hydrogen-bond acceptors (Lipinski definition) is 5. The summed E-state index contributed by atoms with van der Waals surface area (Å²) in [6, 6.07) is 19.7. The van der Waals surface area contributed by atoms with Crippen molar-refractivity contribution in [2.75, 3.05) is 11.9 Å². The topological polar surface area (TPSA) is 112 Å². The van der Waals surface area contributed by atoms with Crippen LogP contribution in [0.4, 0.5) is 10.5 Å². The number of fused-ring (bicyclic) bond motifs is 1. The van der Waals surface area contributed by atoms with Gasteiger partial charge < -0.3 is 20.3 Å². The zero-order chi connectivity index (χ0) is 30.2. The minimum atomic E-state index is -1.18. The lowest BCUT2D eigenvalue weighted by molar-refractivity contribution is -0.140. The van der Waals surface area contributed by atoms with E-state index in [0.29, 0.717) is 16.8 Å². The highest BCUT2D eigenvalue weighted by atomic mass is 16.6. The van der Waals surface area contributed by atoms with Crippen molar-refractivity contribution in [2.24, 2.45) is 5.92 Å². The van der Waals surface area contributed by atoms with Crippen LogP contribution in [0.2, 0.25) is 0 Å². The van der Waals surface area contributed by atoms with Gasteiger partial charge in [-0.2, -0.15) is 5.26 Å². The van der Waals surface area contributed by atoms with Crippen molar-refractivity contribution in [3.05, 3.63) is 77.9 Å². The van der Waals surface area contributed by atoms with Gasteiger partial charge in [0, 0.05) is 11.3 Å². The molecule has 2 unspecified atom stereocenters. The quantitative estimate of drug-likeness (QED) is 0.258. The third kappa shape index (κ3) is 8.58. The fraction of sp³-hybridized carbons (Fsp3) is 0.333. The summed E-state index contributed by atoms with van der Waals surface area (Å²) in [4.78, 5) is 41.8. The van der Waals surface area contributed by atoms with Gasteiger partial charge in [-0.3, -0.25) is 9.59 Å². The van der Waals surface area contributed by atoms with E-state index >= 15 is 0 Å². The summed E-state index contributed by atoms with van der Waals surface area (Å²) in [7, 11) is 0. The molecule has 2 atom stereocenters. The van der Waals surface area contributed by atoms with E-state index < -0.39 is 42.1 Å². The molecule has 0 radical (unpaired) electrons. The smallest absolute Gasteiger partial charge is 0.408 e. The summed E-state index contributed by atoms with van der Waals surface area (Å²) >= 11 is 0. The van der Waals surface area contributed by atoms with Gasteiger partial charge in [0.05, 0.1) is 6.07 Å². The number of nitrogens with one attached hydrogen (secondary N) is 2. The van der Waals surface area contributed by atoms with Crippen LogP contribution in [0.15, 0.2) is 66.7 Å². The van der Waals surface area contributed by atoms with E-state index in [1.807, 2.05) is 56.3 Å². The van der Waals surface area contributed by atoms with E-state index in [9.17, 15) is 19.6 Å². The summed E-state index contributed by atoms with van der Waals surface area (Å²) in [6.07, 6.45) is 5.04. The summed E-state index contributed by atoms with van der Waals surface area (Å²) in [5, 5.41) is 17.3. The van der Waals surface area contributed by atoms with Crippen LogP contribution in [0.3, 0.4) is 0 Å². The van der Waals surface area contributed by atoms with Crippen LogP contribution in [-0.4, -0.2) is 41.0 Å². The van der Waals surface area contributed by atoms with Crippen LogP contribution in [0.1, 0.15) is 58.2 Å². The van der Waals surface area contributed by atoms with Gasteiger partial charge in [0.1, 0.15) is 24.2 Å². The Kier molecular flexibility index (Phi) is 10.1. The number of benzene rings is 3. The molecule has 0 saturated carbocycles. The maximum absolute atomic E-state index is 14.0. The molecule has 3 amide bonds. The highest BCUT2D eigenvalue weighted by Crippen LogP contribution is 2.27. The Bertz CT molecular complexity index is 1480. The molecule has 0 aliphatic heterocycles. The first kappa shape index (κ1) is 30.7. The van der Waals surface area contributed by atoms with Crippen LogP contribution in [0.5, 0.6) is 0 Å². The number of anilines is 1. The van der Waals surface area contributed by atoms with Gasteiger partial charge in [-0.15, -0.1) is 6.42 Å². The van der Waals surface area contributed by atoms with E-state index in [0.717, 1.165) is 10.8 Å². The molecule has 8 heteroatoms. The predicted molar refractivity (Wildman–Crippen MR) is 160 cm³/mol.